The van der Waals surface area contributed by atoms with Gasteiger partial charge in [0.2, 0.25) is 5.76 Å². The number of esters is 2. The van der Waals surface area contributed by atoms with E-state index in [0.717, 1.165) is 12.1 Å². The van der Waals surface area contributed by atoms with Crippen LogP contribution in [0, 0.1) is 10.1 Å². The lowest BCUT2D eigenvalue weighted by atomic mass is 10.3. The Morgan fingerprint density at radius 1 is 1.23 bits per heavy atom. The molecule has 0 aliphatic heterocycles. The van der Waals surface area contributed by atoms with Gasteiger partial charge in [-0.15, -0.1) is 0 Å². The Hall–Kier alpha value is -2.90. The van der Waals surface area contributed by atoms with Crippen molar-refractivity contribution >= 4 is 17.6 Å². The van der Waals surface area contributed by atoms with Gasteiger partial charge in [-0.3, -0.25) is 10.1 Å². The van der Waals surface area contributed by atoms with Gasteiger partial charge in [-0.1, -0.05) is 6.07 Å². The first kappa shape index (κ1) is 17.2. The number of nitro benzene ring substituents is 1. The number of rotatable bonds is 7. The number of nitrogens with zero attached hydrogens (tertiary/aromatic N) is 1. The molecule has 1 aromatic carbocycles. The topological polar surface area (TPSA) is 105 Å². The Balaban J connectivity index is 3.02. The maximum absolute atomic E-state index is 11.7. The van der Waals surface area contributed by atoms with Crippen molar-refractivity contribution in [3.05, 3.63) is 46.2 Å². The van der Waals surface area contributed by atoms with Gasteiger partial charge in [0.05, 0.1) is 30.3 Å². The first-order valence-electron chi connectivity index (χ1n) is 6.45. The maximum Gasteiger partial charge on any atom is 0.374 e. The molecule has 0 heterocycles. The highest BCUT2D eigenvalue weighted by molar-refractivity contribution is 5.95. The smallest absolute Gasteiger partial charge is 0.374 e. The summed E-state index contributed by atoms with van der Waals surface area (Å²) in [5.74, 6) is -2.04. The zero-order valence-corrected chi connectivity index (χ0v) is 12.1. The highest BCUT2D eigenvalue weighted by Gasteiger charge is 2.17. The average molecular weight is 309 g/mol. The molecular weight excluding hydrogens is 294 g/mol. The van der Waals surface area contributed by atoms with Crippen LogP contribution in [-0.4, -0.2) is 30.1 Å². The number of nitro groups is 1. The lowest BCUT2D eigenvalue weighted by Gasteiger charge is -2.09. The van der Waals surface area contributed by atoms with Gasteiger partial charge in [0.1, 0.15) is 5.75 Å². The van der Waals surface area contributed by atoms with E-state index in [1.165, 1.54) is 18.2 Å². The zero-order chi connectivity index (χ0) is 16.5. The highest BCUT2D eigenvalue weighted by Crippen LogP contribution is 2.21. The predicted molar refractivity (Wildman–Crippen MR) is 75.1 cm³/mol. The van der Waals surface area contributed by atoms with Gasteiger partial charge in [-0.05, 0) is 19.9 Å². The highest BCUT2D eigenvalue weighted by atomic mass is 16.6. The fraction of sp³-hybridized carbons (Fsp3) is 0.286. The lowest BCUT2D eigenvalue weighted by Crippen LogP contribution is -2.15. The number of hydrogen-bond donors (Lipinski definition) is 0. The quantitative estimate of drug-likeness (QED) is 0.249. The minimum absolute atomic E-state index is 0.0257. The summed E-state index contributed by atoms with van der Waals surface area (Å²) >= 11 is 0. The molecule has 0 unspecified atom stereocenters. The van der Waals surface area contributed by atoms with Crippen molar-refractivity contribution in [1.82, 2.24) is 0 Å². The Bertz CT molecular complexity index is 595. The van der Waals surface area contributed by atoms with Crippen LogP contribution in [0.5, 0.6) is 5.75 Å². The van der Waals surface area contributed by atoms with Crippen LogP contribution in [-0.2, 0) is 19.1 Å². The van der Waals surface area contributed by atoms with Gasteiger partial charge in [-0.2, -0.15) is 0 Å². The second kappa shape index (κ2) is 8.40. The molecule has 0 spiro atoms. The Morgan fingerprint density at radius 2 is 1.91 bits per heavy atom. The van der Waals surface area contributed by atoms with Crippen molar-refractivity contribution in [3.63, 3.8) is 0 Å². The molecule has 0 aliphatic carbocycles. The Kier molecular flexibility index (Phi) is 6.55. The van der Waals surface area contributed by atoms with Gasteiger partial charge in [0, 0.05) is 6.07 Å². The Morgan fingerprint density at radius 3 is 2.50 bits per heavy atom. The fourth-order valence-electron chi connectivity index (χ4n) is 1.41. The summed E-state index contributed by atoms with van der Waals surface area (Å²) in [6.07, 6.45) is 0.834. The summed E-state index contributed by atoms with van der Waals surface area (Å²) in [6, 6.07) is 5.19. The van der Waals surface area contributed by atoms with Gasteiger partial charge in [0.25, 0.3) is 5.69 Å². The molecule has 0 N–H and O–H groups in total. The van der Waals surface area contributed by atoms with Gasteiger partial charge in [0.15, 0.2) is 0 Å². The molecule has 0 saturated heterocycles. The van der Waals surface area contributed by atoms with Crippen molar-refractivity contribution in [2.75, 3.05) is 13.2 Å². The summed E-state index contributed by atoms with van der Waals surface area (Å²) in [4.78, 5) is 33.3. The van der Waals surface area contributed by atoms with E-state index in [9.17, 15) is 19.7 Å². The van der Waals surface area contributed by atoms with Crippen molar-refractivity contribution in [3.8, 4) is 5.75 Å². The third-order valence-corrected chi connectivity index (χ3v) is 2.27. The van der Waals surface area contributed by atoms with E-state index in [0.29, 0.717) is 0 Å². The van der Waals surface area contributed by atoms with Crippen LogP contribution in [0.1, 0.15) is 13.8 Å². The summed E-state index contributed by atoms with van der Waals surface area (Å²) < 4.78 is 14.7. The van der Waals surface area contributed by atoms with Gasteiger partial charge < -0.3 is 14.2 Å². The molecule has 22 heavy (non-hydrogen) atoms. The molecular formula is C14H15NO7. The van der Waals surface area contributed by atoms with E-state index < -0.39 is 22.6 Å². The van der Waals surface area contributed by atoms with Crippen LogP contribution >= 0.6 is 0 Å². The molecule has 8 heteroatoms. The van der Waals surface area contributed by atoms with E-state index in [-0.39, 0.29) is 24.7 Å². The van der Waals surface area contributed by atoms with E-state index in [1.807, 2.05) is 0 Å². The molecule has 0 fully saturated rings. The zero-order valence-electron chi connectivity index (χ0n) is 12.1. The average Bonchev–Trinajstić information content (AvgIpc) is 2.47. The monoisotopic (exact) mass is 309 g/mol. The molecule has 1 rings (SSSR count). The number of hydrogen-bond acceptors (Lipinski definition) is 7. The number of ether oxygens (including phenoxy) is 3. The van der Waals surface area contributed by atoms with Gasteiger partial charge in [-0.25, -0.2) is 9.59 Å². The largest absolute Gasteiger partial charge is 0.463 e. The number of carbonyl (C=O) groups excluding carboxylic acids is 2. The number of non-ortho nitro benzene ring substituents is 1. The number of benzene rings is 1. The van der Waals surface area contributed by atoms with Crippen molar-refractivity contribution in [2.24, 2.45) is 0 Å². The lowest BCUT2D eigenvalue weighted by molar-refractivity contribution is -0.384. The standard InChI is InChI=1S/C14H15NO7/c1-3-20-13(16)9-12(14(17)21-4-2)22-11-7-5-6-10(8-11)15(18)19/h5-9H,3-4H2,1-2H3/b12-9-. The minimum atomic E-state index is -0.873. The summed E-state index contributed by atoms with van der Waals surface area (Å²) in [6.45, 7) is 3.41. The first-order valence-corrected chi connectivity index (χ1v) is 6.45. The van der Waals surface area contributed by atoms with Crippen LogP contribution in [0.2, 0.25) is 0 Å². The minimum Gasteiger partial charge on any atom is -0.463 e. The molecule has 0 atom stereocenters. The SMILES string of the molecule is CCOC(=O)/C=C(\Oc1cccc([N+](=O)[O-])c1)C(=O)OCC. The van der Waals surface area contributed by atoms with Crippen LogP contribution in [0.3, 0.4) is 0 Å². The molecule has 0 radical (unpaired) electrons. The predicted octanol–water partition coefficient (Wildman–Crippen LogP) is 1.98. The number of carbonyl (C=O) groups is 2. The molecule has 118 valence electrons. The summed E-state index contributed by atoms with van der Waals surface area (Å²) in [7, 11) is 0. The third kappa shape index (κ3) is 5.23. The second-order valence-electron chi connectivity index (χ2n) is 3.84. The van der Waals surface area contributed by atoms with Crippen LogP contribution in [0.25, 0.3) is 0 Å². The molecule has 0 bridgehead atoms. The summed E-state index contributed by atoms with van der Waals surface area (Å²) in [5.41, 5.74) is -0.211. The second-order valence-corrected chi connectivity index (χ2v) is 3.84. The molecule has 8 nitrogen and oxygen atoms in total. The van der Waals surface area contributed by atoms with Crippen molar-refractivity contribution < 1.29 is 28.7 Å². The van der Waals surface area contributed by atoms with Crippen molar-refractivity contribution in [2.45, 2.75) is 13.8 Å². The van der Waals surface area contributed by atoms with E-state index in [4.69, 9.17) is 9.47 Å². The van der Waals surface area contributed by atoms with E-state index in [2.05, 4.69) is 4.74 Å². The van der Waals surface area contributed by atoms with Crippen LogP contribution in [0.15, 0.2) is 36.1 Å². The molecule has 0 aromatic heterocycles. The molecule has 0 saturated carbocycles. The summed E-state index contributed by atoms with van der Waals surface area (Å²) in [5, 5.41) is 10.7. The first-order chi connectivity index (χ1) is 10.5. The van der Waals surface area contributed by atoms with E-state index in [1.54, 1.807) is 13.8 Å². The normalized spacial score (nSPS) is 10.7. The van der Waals surface area contributed by atoms with Crippen LogP contribution < -0.4 is 4.74 Å². The van der Waals surface area contributed by atoms with Crippen LogP contribution in [0.4, 0.5) is 5.69 Å². The van der Waals surface area contributed by atoms with E-state index >= 15 is 0 Å². The maximum atomic E-state index is 11.7. The Labute approximate surface area is 126 Å². The van der Waals surface area contributed by atoms with Gasteiger partial charge >= 0.3 is 11.9 Å². The van der Waals surface area contributed by atoms with Crippen molar-refractivity contribution in [1.29, 1.82) is 0 Å². The molecule has 1 aromatic rings. The fourth-order valence-corrected chi connectivity index (χ4v) is 1.41. The third-order valence-electron chi connectivity index (χ3n) is 2.27. The molecule has 0 amide bonds. The molecule has 0 aliphatic rings.